The summed E-state index contributed by atoms with van der Waals surface area (Å²) in [5, 5.41) is 4.84. The van der Waals surface area contributed by atoms with E-state index in [2.05, 4.69) is 27.1 Å². The quantitative estimate of drug-likeness (QED) is 0.550. The number of aromatic nitrogens is 2. The number of hydrogen-bond donors (Lipinski definition) is 1. The largest absolute Gasteiger partial charge is 0.380 e. The predicted octanol–water partition coefficient (Wildman–Crippen LogP) is 4.28. The van der Waals surface area contributed by atoms with Crippen LogP contribution in [0.5, 0.6) is 0 Å². The fourth-order valence-electron chi connectivity index (χ4n) is 2.52. The highest BCUT2D eigenvalue weighted by Gasteiger charge is 2.05. The molecule has 0 aliphatic carbocycles. The third-order valence-electron chi connectivity index (χ3n) is 3.70. The lowest BCUT2D eigenvalue weighted by molar-refractivity contribution is 0.184. The van der Waals surface area contributed by atoms with E-state index in [0.717, 1.165) is 27.8 Å². The van der Waals surface area contributed by atoms with Gasteiger partial charge in [-0.1, -0.05) is 47.7 Å². The number of halogens is 1. The molecule has 4 nitrogen and oxygen atoms in total. The molecule has 2 aromatic carbocycles. The molecule has 5 heteroatoms. The molecule has 0 unspecified atom stereocenters. The van der Waals surface area contributed by atoms with Gasteiger partial charge in [-0.3, -0.25) is 0 Å². The topological polar surface area (TPSA) is 47.0 Å². The maximum Gasteiger partial charge on any atom is 0.137 e. The van der Waals surface area contributed by atoms with Crippen LogP contribution in [0.15, 0.2) is 48.8 Å². The van der Waals surface area contributed by atoms with E-state index in [0.29, 0.717) is 24.6 Å². The van der Waals surface area contributed by atoms with E-state index in [1.54, 1.807) is 7.11 Å². The molecule has 0 bridgehead atoms. The first kappa shape index (κ1) is 17.2. The summed E-state index contributed by atoms with van der Waals surface area (Å²) >= 11 is 6.17. The van der Waals surface area contributed by atoms with Crippen molar-refractivity contribution in [2.24, 2.45) is 0 Å². The van der Waals surface area contributed by atoms with Crippen LogP contribution in [0.25, 0.3) is 10.9 Å². The van der Waals surface area contributed by atoms with E-state index in [1.165, 1.54) is 6.33 Å². The number of hydrogen-bond acceptors (Lipinski definition) is 4. The van der Waals surface area contributed by atoms with Crippen molar-refractivity contribution in [3.8, 4) is 11.8 Å². The van der Waals surface area contributed by atoms with Gasteiger partial charge in [0.25, 0.3) is 0 Å². The van der Waals surface area contributed by atoms with E-state index >= 15 is 0 Å². The van der Waals surface area contributed by atoms with Crippen LogP contribution < -0.4 is 5.32 Å². The molecular formula is C20H18ClN3O. The van der Waals surface area contributed by atoms with E-state index in [1.807, 2.05) is 42.5 Å². The Morgan fingerprint density at radius 2 is 2.00 bits per heavy atom. The zero-order valence-corrected chi connectivity index (χ0v) is 14.7. The van der Waals surface area contributed by atoms with Crippen molar-refractivity contribution in [1.29, 1.82) is 0 Å². The number of benzene rings is 2. The minimum absolute atomic E-state index is 0.566. The molecule has 25 heavy (non-hydrogen) atoms. The summed E-state index contributed by atoms with van der Waals surface area (Å²) in [6.45, 7) is 1.26. The summed E-state index contributed by atoms with van der Waals surface area (Å²) in [6, 6.07) is 13.7. The summed E-state index contributed by atoms with van der Waals surface area (Å²) < 4.78 is 5.20. The minimum atomic E-state index is 0.566. The van der Waals surface area contributed by atoms with Gasteiger partial charge in [-0.2, -0.15) is 0 Å². The number of ether oxygens (including phenoxy) is 1. The standard InChI is InChI=1S/C20H18ClN3O/c1-25-13-16-9-3-2-7-15(16)8-4-5-12-22-20-17-10-6-11-18(21)19(17)23-14-24-20/h2-3,6-7,9-11,14H,5,12-13H2,1H3,(H,22,23,24). The Morgan fingerprint density at radius 1 is 1.12 bits per heavy atom. The molecule has 0 aliphatic rings. The molecule has 1 heterocycles. The number of fused-ring (bicyclic) bond motifs is 1. The highest BCUT2D eigenvalue weighted by atomic mass is 35.5. The Kier molecular flexibility index (Phi) is 5.84. The summed E-state index contributed by atoms with van der Waals surface area (Å²) in [5.74, 6) is 7.17. The number of nitrogens with one attached hydrogen (secondary N) is 1. The molecule has 0 saturated heterocycles. The molecule has 0 aliphatic heterocycles. The van der Waals surface area contributed by atoms with Crippen LogP contribution >= 0.6 is 11.6 Å². The summed E-state index contributed by atoms with van der Waals surface area (Å²) in [6.07, 6.45) is 2.22. The summed E-state index contributed by atoms with van der Waals surface area (Å²) in [7, 11) is 1.69. The maximum atomic E-state index is 6.17. The molecule has 0 fully saturated rings. The van der Waals surface area contributed by atoms with Crippen molar-refractivity contribution < 1.29 is 4.74 Å². The average Bonchev–Trinajstić information content (AvgIpc) is 2.64. The van der Waals surface area contributed by atoms with Gasteiger partial charge in [0.15, 0.2) is 0 Å². The normalized spacial score (nSPS) is 10.3. The molecule has 3 rings (SSSR count). The van der Waals surface area contributed by atoms with Gasteiger partial charge in [0.2, 0.25) is 0 Å². The van der Waals surface area contributed by atoms with Crippen molar-refractivity contribution in [3.63, 3.8) is 0 Å². The number of rotatable bonds is 5. The molecule has 3 aromatic rings. The first-order valence-corrected chi connectivity index (χ1v) is 8.36. The van der Waals surface area contributed by atoms with Crippen LogP contribution in [0.2, 0.25) is 5.02 Å². The fraction of sp³-hybridized carbons (Fsp3) is 0.200. The second-order valence-electron chi connectivity index (χ2n) is 5.43. The number of nitrogens with zero attached hydrogens (tertiary/aromatic N) is 2. The van der Waals surface area contributed by atoms with E-state index in [-0.39, 0.29) is 0 Å². The van der Waals surface area contributed by atoms with Crippen LogP contribution in [0.1, 0.15) is 17.5 Å². The smallest absolute Gasteiger partial charge is 0.137 e. The van der Waals surface area contributed by atoms with Crippen molar-refractivity contribution >= 4 is 28.3 Å². The lowest BCUT2D eigenvalue weighted by Crippen LogP contribution is -2.03. The summed E-state index contributed by atoms with van der Waals surface area (Å²) in [4.78, 5) is 8.53. The molecule has 1 N–H and O–H groups in total. The number of anilines is 1. The Balaban J connectivity index is 1.65. The molecule has 1 aromatic heterocycles. The lowest BCUT2D eigenvalue weighted by Gasteiger charge is -2.07. The molecule has 0 radical (unpaired) electrons. The van der Waals surface area contributed by atoms with Crippen LogP contribution in [0, 0.1) is 11.8 Å². The molecule has 0 amide bonds. The van der Waals surface area contributed by atoms with Crippen LogP contribution in [-0.4, -0.2) is 23.6 Å². The zero-order valence-electron chi connectivity index (χ0n) is 13.9. The van der Waals surface area contributed by atoms with Crippen molar-refractivity contribution in [1.82, 2.24) is 9.97 Å². The monoisotopic (exact) mass is 351 g/mol. The minimum Gasteiger partial charge on any atom is -0.380 e. The molecule has 126 valence electrons. The van der Waals surface area contributed by atoms with Gasteiger partial charge >= 0.3 is 0 Å². The lowest BCUT2D eigenvalue weighted by atomic mass is 10.1. The Morgan fingerprint density at radius 3 is 2.88 bits per heavy atom. The van der Waals surface area contributed by atoms with E-state index in [4.69, 9.17) is 16.3 Å². The predicted molar refractivity (Wildman–Crippen MR) is 102 cm³/mol. The van der Waals surface area contributed by atoms with Crippen LogP contribution in [0.4, 0.5) is 5.82 Å². The Bertz CT molecular complexity index is 931. The summed E-state index contributed by atoms with van der Waals surface area (Å²) in [5.41, 5.74) is 2.85. The van der Waals surface area contributed by atoms with Crippen molar-refractivity contribution in [2.45, 2.75) is 13.0 Å². The molecular weight excluding hydrogens is 334 g/mol. The van der Waals surface area contributed by atoms with Gasteiger partial charge in [-0.05, 0) is 23.8 Å². The van der Waals surface area contributed by atoms with Gasteiger partial charge in [-0.25, -0.2) is 9.97 Å². The van der Waals surface area contributed by atoms with Gasteiger partial charge in [0.05, 0.1) is 17.1 Å². The maximum absolute atomic E-state index is 6.17. The average molecular weight is 352 g/mol. The van der Waals surface area contributed by atoms with Gasteiger partial charge in [-0.15, -0.1) is 0 Å². The highest BCUT2D eigenvalue weighted by molar-refractivity contribution is 6.35. The van der Waals surface area contributed by atoms with Crippen molar-refractivity contribution in [2.75, 3.05) is 19.0 Å². The third-order valence-corrected chi connectivity index (χ3v) is 4.00. The van der Waals surface area contributed by atoms with Gasteiger partial charge in [0, 0.05) is 31.0 Å². The number of para-hydroxylation sites is 1. The second-order valence-corrected chi connectivity index (χ2v) is 5.83. The SMILES string of the molecule is COCc1ccccc1C#CCCNc1ncnc2c(Cl)cccc12. The zero-order chi connectivity index (χ0) is 17.5. The molecule has 0 spiro atoms. The van der Waals surface area contributed by atoms with E-state index in [9.17, 15) is 0 Å². The number of methoxy groups -OCH3 is 1. The van der Waals surface area contributed by atoms with Gasteiger partial charge in [0.1, 0.15) is 12.1 Å². The second kappa shape index (κ2) is 8.48. The highest BCUT2D eigenvalue weighted by Crippen LogP contribution is 2.25. The first-order valence-electron chi connectivity index (χ1n) is 7.98. The van der Waals surface area contributed by atoms with Crippen LogP contribution in [-0.2, 0) is 11.3 Å². The Hall–Kier alpha value is -2.61. The fourth-order valence-corrected chi connectivity index (χ4v) is 2.74. The first-order chi connectivity index (χ1) is 12.3. The molecule has 0 saturated carbocycles. The van der Waals surface area contributed by atoms with Gasteiger partial charge < -0.3 is 10.1 Å². The van der Waals surface area contributed by atoms with Crippen molar-refractivity contribution in [3.05, 3.63) is 64.9 Å². The molecule has 0 atom stereocenters. The Labute approximate surface area is 152 Å². The van der Waals surface area contributed by atoms with E-state index < -0.39 is 0 Å². The third kappa shape index (κ3) is 4.27. The van der Waals surface area contributed by atoms with Crippen LogP contribution in [0.3, 0.4) is 0 Å².